The Labute approximate surface area is 171 Å². The van der Waals surface area contributed by atoms with Crippen LogP contribution in [0.1, 0.15) is 36.8 Å². The predicted octanol–water partition coefficient (Wildman–Crippen LogP) is 2.22. The van der Waals surface area contributed by atoms with Gasteiger partial charge in [0.2, 0.25) is 15.9 Å². The summed E-state index contributed by atoms with van der Waals surface area (Å²) in [6.45, 7) is 7.07. The first-order chi connectivity index (χ1) is 13.7. The number of anilines is 1. The first-order valence-electron chi connectivity index (χ1n) is 9.73. The van der Waals surface area contributed by atoms with Gasteiger partial charge in [0, 0.05) is 32.4 Å². The molecule has 1 aliphatic heterocycles. The number of nitrogens with one attached hydrogen (secondary N) is 1. The highest BCUT2D eigenvalue weighted by atomic mass is 32.2. The number of nitrogens with zero attached hydrogens (tertiary/aromatic N) is 3. The first kappa shape index (κ1) is 21.3. The third-order valence-electron chi connectivity index (χ3n) is 5.16. The molecule has 1 saturated heterocycles. The molecule has 0 bridgehead atoms. The van der Waals surface area contributed by atoms with Crippen molar-refractivity contribution >= 4 is 21.6 Å². The van der Waals surface area contributed by atoms with E-state index in [1.54, 1.807) is 25.8 Å². The average molecular weight is 421 g/mol. The zero-order valence-corrected chi connectivity index (χ0v) is 18.1. The average Bonchev–Trinajstić information content (AvgIpc) is 3.31. The standard InChI is InChI=1S/C20H28N4O4S/c1-14-19(16(3)28-21-14)29(26,27)22-15(2)20(25)23(4)13-17-9-5-6-10-18(17)24-11-7-8-12-24/h5-6,9-10,15,22H,7-8,11-13H2,1-4H3/t15-/m0/s1. The number of likely N-dealkylation sites (N-methyl/N-ethyl adjacent to an activating group) is 1. The molecule has 1 N–H and O–H groups in total. The Kier molecular flexibility index (Phi) is 6.28. The zero-order chi connectivity index (χ0) is 21.2. The van der Waals surface area contributed by atoms with Gasteiger partial charge in [-0.3, -0.25) is 4.79 Å². The number of hydrogen-bond acceptors (Lipinski definition) is 6. The fraction of sp³-hybridized carbons (Fsp3) is 0.500. The van der Waals surface area contributed by atoms with Gasteiger partial charge in [0.25, 0.3) is 0 Å². The van der Waals surface area contributed by atoms with Crippen molar-refractivity contribution in [2.75, 3.05) is 25.0 Å². The van der Waals surface area contributed by atoms with E-state index in [1.165, 1.54) is 19.8 Å². The van der Waals surface area contributed by atoms with Crippen LogP contribution in [0.4, 0.5) is 5.69 Å². The van der Waals surface area contributed by atoms with Gasteiger partial charge in [-0.15, -0.1) is 0 Å². The van der Waals surface area contributed by atoms with Crippen LogP contribution in [0.3, 0.4) is 0 Å². The van der Waals surface area contributed by atoms with Gasteiger partial charge in [0.1, 0.15) is 10.6 Å². The number of para-hydroxylation sites is 1. The van der Waals surface area contributed by atoms with Crippen LogP contribution in [-0.4, -0.2) is 50.6 Å². The molecule has 0 saturated carbocycles. The lowest BCUT2D eigenvalue weighted by atomic mass is 10.1. The van der Waals surface area contributed by atoms with E-state index in [2.05, 4.69) is 20.8 Å². The number of aromatic nitrogens is 1. The van der Waals surface area contributed by atoms with Crippen molar-refractivity contribution in [3.8, 4) is 0 Å². The Hall–Kier alpha value is -2.39. The van der Waals surface area contributed by atoms with Gasteiger partial charge in [-0.2, -0.15) is 4.72 Å². The molecule has 9 heteroatoms. The summed E-state index contributed by atoms with van der Waals surface area (Å²) in [4.78, 5) is 16.7. The van der Waals surface area contributed by atoms with E-state index in [4.69, 9.17) is 4.52 Å². The Bertz CT molecular complexity index is 961. The number of benzene rings is 1. The first-order valence-corrected chi connectivity index (χ1v) is 11.2. The number of carbonyl (C=O) groups excluding carboxylic acids is 1. The van der Waals surface area contributed by atoms with E-state index in [-0.39, 0.29) is 22.3 Å². The van der Waals surface area contributed by atoms with Crippen LogP contribution in [0.5, 0.6) is 0 Å². The van der Waals surface area contributed by atoms with E-state index >= 15 is 0 Å². The van der Waals surface area contributed by atoms with Crippen LogP contribution in [0.25, 0.3) is 0 Å². The van der Waals surface area contributed by atoms with Crippen LogP contribution >= 0.6 is 0 Å². The van der Waals surface area contributed by atoms with E-state index in [1.807, 2.05) is 18.2 Å². The molecule has 1 amide bonds. The van der Waals surface area contributed by atoms with Gasteiger partial charge in [-0.25, -0.2) is 8.42 Å². The second kappa shape index (κ2) is 8.54. The van der Waals surface area contributed by atoms with Crippen LogP contribution in [0.15, 0.2) is 33.7 Å². The Balaban J connectivity index is 1.71. The monoisotopic (exact) mass is 420 g/mol. The highest BCUT2D eigenvalue weighted by molar-refractivity contribution is 7.89. The van der Waals surface area contributed by atoms with Crippen molar-refractivity contribution in [2.24, 2.45) is 0 Å². The summed E-state index contributed by atoms with van der Waals surface area (Å²) < 4.78 is 32.7. The summed E-state index contributed by atoms with van der Waals surface area (Å²) in [7, 11) is -2.23. The summed E-state index contributed by atoms with van der Waals surface area (Å²) >= 11 is 0. The van der Waals surface area contributed by atoms with Crippen LogP contribution in [0, 0.1) is 13.8 Å². The number of rotatable bonds is 7. The smallest absolute Gasteiger partial charge is 0.246 e. The van der Waals surface area contributed by atoms with Crippen LogP contribution in [0.2, 0.25) is 0 Å². The van der Waals surface area contributed by atoms with Crippen LogP contribution < -0.4 is 9.62 Å². The normalized spacial score (nSPS) is 15.5. The molecule has 0 radical (unpaired) electrons. The molecule has 0 spiro atoms. The second-order valence-corrected chi connectivity index (χ2v) is 9.16. The van der Waals surface area contributed by atoms with Gasteiger partial charge in [-0.1, -0.05) is 23.4 Å². The number of amides is 1. The molecule has 1 aromatic carbocycles. The molecule has 0 unspecified atom stereocenters. The highest BCUT2D eigenvalue weighted by Gasteiger charge is 2.29. The Morgan fingerprint density at radius 1 is 1.28 bits per heavy atom. The third kappa shape index (κ3) is 4.62. The maximum atomic E-state index is 12.8. The minimum Gasteiger partial charge on any atom is -0.371 e. The summed E-state index contributed by atoms with van der Waals surface area (Å²) in [5.74, 6) is -0.112. The summed E-state index contributed by atoms with van der Waals surface area (Å²) in [6.07, 6.45) is 2.34. The maximum absolute atomic E-state index is 12.8. The quantitative estimate of drug-likeness (QED) is 0.738. The SMILES string of the molecule is Cc1noc(C)c1S(=O)(=O)N[C@@H](C)C(=O)N(C)Cc1ccccc1N1CCCC1. The summed E-state index contributed by atoms with van der Waals surface area (Å²) in [5, 5.41) is 3.68. The molecule has 1 aliphatic rings. The molecule has 29 heavy (non-hydrogen) atoms. The molecule has 1 fully saturated rings. The Morgan fingerprint density at radius 2 is 1.93 bits per heavy atom. The number of aryl methyl sites for hydroxylation is 2. The number of carbonyl (C=O) groups is 1. The van der Waals surface area contributed by atoms with E-state index in [0.717, 1.165) is 24.3 Å². The molecule has 3 rings (SSSR count). The third-order valence-corrected chi connectivity index (χ3v) is 6.95. The van der Waals surface area contributed by atoms with Gasteiger partial charge in [0.05, 0.1) is 6.04 Å². The van der Waals surface area contributed by atoms with Gasteiger partial charge >= 0.3 is 0 Å². The lowest BCUT2D eigenvalue weighted by molar-refractivity contribution is -0.131. The molecule has 8 nitrogen and oxygen atoms in total. The van der Waals surface area contributed by atoms with Gasteiger partial charge in [0.15, 0.2) is 5.76 Å². The van der Waals surface area contributed by atoms with Gasteiger partial charge in [-0.05, 0) is 45.2 Å². The molecule has 2 aromatic rings. The summed E-state index contributed by atoms with van der Waals surface area (Å²) in [5.41, 5.74) is 2.45. The number of hydrogen-bond donors (Lipinski definition) is 1. The van der Waals surface area contributed by atoms with Crippen LogP contribution in [-0.2, 0) is 21.4 Å². The molecular formula is C20H28N4O4S. The van der Waals surface area contributed by atoms with Crippen molar-refractivity contribution in [3.63, 3.8) is 0 Å². The fourth-order valence-corrected chi connectivity index (χ4v) is 5.30. The highest BCUT2D eigenvalue weighted by Crippen LogP contribution is 2.25. The maximum Gasteiger partial charge on any atom is 0.246 e. The molecule has 1 aromatic heterocycles. The second-order valence-electron chi connectivity index (χ2n) is 7.51. The van der Waals surface area contributed by atoms with E-state index < -0.39 is 16.1 Å². The molecule has 0 aliphatic carbocycles. The minimum atomic E-state index is -3.91. The lowest BCUT2D eigenvalue weighted by Crippen LogP contribution is -2.45. The molecule has 2 heterocycles. The Morgan fingerprint density at radius 3 is 2.55 bits per heavy atom. The minimum absolute atomic E-state index is 0.0146. The van der Waals surface area contributed by atoms with Crippen molar-refractivity contribution < 1.29 is 17.7 Å². The van der Waals surface area contributed by atoms with Crippen molar-refractivity contribution in [3.05, 3.63) is 41.3 Å². The van der Waals surface area contributed by atoms with E-state index in [0.29, 0.717) is 6.54 Å². The van der Waals surface area contributed by atoms with E-state index in [9.17, 15) is 13.2 Å². The van der Waals surface area contributed by atoms with Gasteiger partial charge < -0.3 is 14.3 Å². The summed E-state index contributed by atoms with van der Waals surface area (Å²) in [6, 6.07) is 7.12. The number of sulfonamides is 1. The largest absolute Gasteiger partial charge is 0.371 e. The topological polar surface area (TPSA) is 95.8 Å². The molecule has 1 atom stereocenters. The fourth-order valence-electron chi connectivity index (χ4n) is 3.78. The molecular weight excluding hydrogens is 392 g/mol. The lowest BCUT2D eigenvalue weighted by Gasteiger charge is -2.26. The predicted molar refractivity (Wildman–Crippen MR) is 110 cm³/mol. The van der Waals surface area contributed by atoms with Crippen molar-refractivity contribution in [1.29, 1.82) is 0 Å². The van der Waals surface area contributed by atoms with Crippen molar-refractivity contribution in [1.82, 2.24) is 14.8 Å². The molecule has 158 valence electrons. The van der Waals surface area contributed by atoms with Crippen molar-refractivity contribution in [2.45, 2.75) is 51.1 Å². The zero-order valence-electron chi connectivity index (χ0n) is 17.3.